The van der Waals surface area contributed by atoms with Crippen molar-refractivity contribution in [1.82, 2.24) is 15.0 Å². The van der Waals surface area contributed by atoms with E-state index in [0.29, 0.717) is 43.3 Å². The second-order valence-electron chi connectivity index (χ2n) is 6.92. The number of carbonyl (C=O) groups excluding carboxylic acids is 2. The van der Waals surface area contributed by atoms with Gasteiger partial charge in [0.15, 0.2) is 5.82 Å². The molecular formula is C20H21F3N4O3S. The minimum atomic E-state index is -4.33. The molecule has 0 saturated carbocycles. The minimum absolute atomic E-state index is 0.0924. The van der Waals surface area contributed by atoms with Crippen LogP contribution in [0.2, 0.25) is 0 Å². The molecular weight excluding hydrogens is 433 g/mol. The Morgan fingerprint density at radius 3 is 2.45 bits per heavy atom. The number of thioether (sulfide) groups is 1. The summed E-state index contributed by atoms with van der Waals surface area (Å²) in [6.07, 6.45) is 2.98. The molecule has 1 saturated heterocycles. The van der Waals surface area contributed by atoms with Crippen LogP contribution < -0.4 is 5.32 Å². The van der Waals surface area contributed by atoms with Crippen molar-refractivity contribution in [3.05, 3.63) is 47.7 Å². The molecule has 2 aromatic rings. The highest BCUT2D eigenvalue weighted by Crippen LogP contribution is 2.36. The van der Waals surface area contributed by atoms with Crippen LogP contribution in [0, 0.1) is 6.92 Å². The minimum Gasteiger partial charge on any atom is -0.360 e. The number of hydrogen-bond donors (Lipinski definition) is 1. The van der Waals surface area contributed by atoms with Crippen molar-refractivity contribution < 1.29 is 27.3 Å². The Bertz CT molecular complexity index is 936. The molecule has 0 aliphatic carbocycles. The van der Waals surface area contributed by atoms with E-state index in [0.717, 1.165) is 0 Å². The largest absolute Gasteiger partial charge is 0.446 e. The number of carbonyl (C=O) groups is 2. The van der Waals surface area contributed by atoms with Crippen molar-refractivity contribution in [3.63, 3.8) is 0 Å². The van der Waals surface area contributed by atoms with E-state index in [2.05, 4.69) is 10.5 Å². The Morgan fingerprint density at radius 2 is 1.87 bits per heavy atom. The number of aryl methyl sites for hydroxylation is 1. The molecule has 11 heteroatoms. The molecule has 166 valence electrons. The van der Waals surface area contributed by atoms with Gasteiger partial charge in [-0.15, -0.1) is 0 Å². The monoisotopic (exact) mass is 454 g/mol. The number of rotatable bonds is 6. The number of nitrogens with zero attached hydrogens (tertiary/aromatic N) is 3. The summed E-state index contributed by atoms with van der Waals surface area (Å²) in [5.74, 6) is 0.578. The fourth-order valence-electron chi connectivity index (χ4n) is 2.99. The number of alkyl halides is 3. The van der Waals surface area contributed by atoms with Gasteiger partial charge < -0.3 is 14.7 Å². The summed E-state index contributed by atoms with van der Waals surface area (Å²) in [5, 5.41) is 6.37. The average Bonchev–Trinajstić information content (AvgIpc) is 3.11. The Kier molecular flexibility index (Phi) is 7.39. The molecule has 0 unspecified atom stereocenters. The lowest BCUT2D eigenvalue weighted by Gasteiger charge is -2.33. The molecule has 0 bridgehead atoms. The van der Waals surface area contributed by atoms with Gasteiger partial charge in [0.2, 0.25) is 11.8 Å². The van der Waals surface area contributed by atoms with Crippen molar-refractivity contribution in [3.8, 4) is 0 Å². The first-order valence-corrected chi connectivity index (χ1v) is 10.3. The van der Waals surface area contributed by atoms with Gasteiger partial charge in [0.05, 0.1) is 6.54 Å². The Morgan fingerprint density at radius 1 is 1.19 bits per heavy atom. The Labute approximate surface area is 181 Å². The summed E-state index contributed by atoms with van der Waals surface area (Å²) < 4.78 is 42.0. The maximum Gasteiger partial charge on any atom is 0.446 e. The molecule has 1 aliphatic rings. The van der Waals surface area contributed by atoms with Gasteiger partial charge in [-0.05, 0) is 42.5 Å². The lowest BCUT2D eigenvalue weighted by molar-refractivity contribution is -0.127. The van der Waals surface area contributed by atoms with Gasteiger partial charge in [0, 0.05) is 43.2 Å². The van der Waals surface area contributed by atoms with E-state index in [9.17, 15) is 22.8 Å². The van der Waals surface area contributed by atoms with Crippen LogP contribution >= 0.6 is 11.8 Å². The van der Waals surface area contributed by atoms with Gasteiger partial charge in [-0.3, -0.25) is 14.5 Å². The van der Waals surface area contributed by atoms with Crippen LogP contribution in [0.4, 0.5) is 19.0 Å². The van der Waals surface area contributed by atoms with E-state index in [1.54, 1.807) is 24.0 Å². The van der Waals surface area contributed by atoms with Crippen LogP contribution in [0.5, 0.6) is 0 Å². The zero-order valence-corrected chi connectivity index (χ0v) is 17.5. The number of piperazine rings is 1. The zero-order valence-electron chi connectivity index (χ0n) is 16.7. The van der Waals surface area contributed by atoms with Gasteiger partial charge in [-0.1, -0.05) is 17.3 Å². The van der Waals surface area contributed by atoms with E-state index in [1.165, 1.54) is 30.3 Å². The lowest BCUT2D eigenvalue weighted by atomic mass is 10.2. The van der Waals surface area contributed by atoms with E-state index in [4.69, 9.17) is 4.52 Å². The molecule has 31 heavy (non-hydrogen) atoms. The highest BCUT2D eigenvalue weighted by Gasteiger charge is 2.29. The zero-order chi connectivity index (χ0) is 22.4. The van der Waals surface area contributed by atoms with Gasteiger partial charge in [-0.25, -0.2) is 0 Å². The predicted octanol–water partition coefficient (Wildman–Crippen LogP) is 3.39. The van der Waals surface area contributed by atoms with Crippen LogP contribution in [-0.2, 0) is 9.59 Å². The molecule has 0 atom stereocenters. The maximum atomic E-state index is 12.4. The van der Waals surface area contributed by atoms with Gasteiger partial charge >= 0.3 is 5.51 Å². The van der Waals surface area contributed by atoms with Gasteiger partial charge in [-0.2, -0.15) is 13.2 Å². The summed E-state index contributed by atoms with van der Waals surface area (Å²) in [6, 6.07) is 7.43. The molecule has 1 aliphatic heterocycles. The molecule has 3 rings (SSSR count). The molecule has 1 aromatic carbocycles. The Hall–Kier alpha value is -2.79. The molecule has 1 fully saturated rings. The first-order chi connectivity index (χ1) is 14.7. The highest BCUT2D eigenvalue weighted by atomic mass is 32.2. The van der Waals surface area contributed by atoms with Crippen LogP contribution in [-0.4, -0.2) is 65.0 Å². The van der Waals surface area contributed by atoms with Crippen LogP contribution in [0.15, 0.2) is 45.8 Å². The van der Waals surface area contributed by atoms with Crippen molar-refractivity contribution >= 4 is 35.5 Å². The van der Waals surface area contributed by atoms with Crippen molar-refractivity contribution in [2.45, 2.75) is 17.3 Å². The second-order valence-corrected chi connectivity index (χ2v) is 8.06. The standard InChI is InChI=1S/C20H21F3N4O3S/c1-14-12-17(25-30-14)24-18(28)13-26-8-10-27(11-9-26)19(29)7-4-15-2-5-16(6-3-15)31-20(21,22)23/h2-7,12H,8-11,13H2,1H3,(H,24,25,28)/b7-4+. The number of amides is 2. The van der Waals surface area contributed by atoms with Gasteiger partial charge in [0.1, 0.15) is 5.76 Å². The fourth-order valence-corrected chi connectivity index (χ4v) is 3.53. The molecule has 7 nitrogen and oxygen atoms in total. The summed E-state index contributed by atoms with van der Waals surface area (Å²) in [6.45, 7) is 3.96. The topological polar surface area (TPSA) is 78.7 Å². The quantitative estimate of drug-likeness (QED) is 0.533. The first-order valence-electron chi connectivity index (χ1n) is 9.46. The Balaban J connectivity index is 1.43. The van der Waals surface area contributed by atoms with Crippen molar-refractivity contribution in [1.29, 1.82) is 0 Å². The summed E-state index contributed by atoms with van der Waals surface area (Å²) in [7, 11) is 0. The third-order valence-electron chi connectivity index (χ3n) is 4.48. The lowest BCUT2D eigenvalue weighted by Crippen LogP contribution is -2.50. The third kappa shape index (κ3) is 7.44. The predicted molar refractivity (Wildman–Crippen MR) is 110 cm³/mol. The summed E-state index contributed by atoms with van der Waals surface area (Å²) in [4.78, 5) is 28.1. The molecule has 1 aromatic heterocycles. The molecule has 2 heterocycles. The van der Waals surface area contributed by atoms with Crippen LogP contribution in [0.3, 0.4) is 0 Å². The summed E-state index contributed by atoms with van der Waals surface area (Å²) in [5.41, 5.74) is -3.69. The number of nitrogens with one attached hydrogen (secondary N) is 1. The molecule has 0 spiro atoms. The molecule has 0 radical (unpaired) electrons. The normalized spacial score (nSPS) is 15.4. The molecule has 2 amide bonds. The van der Waals surface area contributed by atoms with E-state index >= 15 is 0 Å². The van der Waals surface area contributed by atoms with Gasteiger partial charge in [0.25, 0.3) is 0 Å². The fraction of sp³-hybridized carbons (Fsp3) is 0.350. The van der Waals surface area contributed by atoms with Crippen LogP contribution in [0.1, 0.15) is 11.3 Å². The second kappa shape index (κ2) is 10.0. The van der Waals surface area contributed by atoms with Crippen molar-refractivity contribution in [2.75, 3.05) is 38.0 Å². The van der Waals surface area contributed by atoms with Crippen molar-refractivity contribution in [2.24, 2.45) is 0 Å². The maximum absolute atomic E-state index is 12.4. The number of anilines is 1. The average molecular weight is 454 g/mol. The number of benzene rings is 1. The SMILES string of the molecule is Cc1cc(NC(=O)CN2CCN(C(=O)/C=C/c3ccc(SC(F)(F)F)cc3)CC2)no1. The smallest absolute Gasteiger partial charge is 0.360 e. The summed E-state index contributed by atoms with van der Waals surface area (Å²) >= 11 is -0.178. The van der Waals surface area contributed by atoms with E-state index in [1.807, 2.05) is 4.90 Å². The van der Waals surface area contributed by atoms with E-state index in [-0.39, 0.29) is 35.0 Å². The number of halogens is 3. The highest BCUT2D eigenvalue weighted by molar-refractivity contribution is 8.00. The molecule has 1 N–H and O–H groups in total. The third-order valence-corrected chi connectivity index (χ3v) is 5.22. The number of aromatic nitrogens is 1. The van der Waals surface area contributed by atoms with Crippen LogP contribution in [0.25, 0.3) is 6.08 Å². The first kappa shape index (κ1) is 22.9. The van der Waals surface area contributed by atoms with E-state index < -0.39 is 5.51 Å². The number of hydrogen-bond acceptors (Lipinski definition) is 6.